The Morgan fingerprint density at radius 1 is 1.04 bits per heavy atom. The van der Waals surface area contributed by atoms with Gasteiger partial charge < -0.3 is 4.40 Å². The van der Waals surface area contributed by atoms with Crippen LogP contribution in [-0.2, 0) is 16.2 Å². The number of hydrogen-bond donors (Lipinski definition) is 1. The Balaban J connectivity index is 1.90. The number of amides is 1. The molecule has 1 amide bonds. The van der Waals surface area contributed by atoms with Gasteiger partial charge in [-0.3, -0.25) is 4.79 Å². The van der Waals surface area contributed by atoms with Crippen LogP contribution >= 0.6 is 0 Å². The van der Waals surface area contributed by atoms with Gasteiger partial charge in [0.1, 0.15) is 11.3 Å². The third-order valence-corrected chi connectivity index (χ3v) is 4.64. The number of halogens is 3. The van der Waals surface area contributed by atoms with E-state index in [2.05, 4.69) is 4.98 Å². The number of hydrogen-bond acceptors (Lipinski definition) is 4. The Labute approximate surface area is 140 Å². The first-order valence-electron chi connectivity index (χ1n) is 6.85. The Kier molecular flexibility index (Phi) is 3.99. The predicted octanol–water partition coefficient (Wildman–Crippen LogP) is 2.47. The first kappa shape index (κ1) is 17.0. The van der Waals surface area contributed by atoms with Crippen molar-refractivity contribution >= 4 is 21.6 Å². The molecule has 0 bridgehead atoms. The average Bonchev–Trinajstić information content (AvgIpc) is 2.98. The van der Waals surface area contributed by atoms with Gasteiger partial charge >= 0.3 is 6.18 Å². The maximum absolute atomic E-state index is 12.7. The topological polar surface area (TPSA) is 80.5 Å². The summed E-state index contributed by atoms with van der Waals surface area (Å²) < 4.78 is 65.1. The average molecular weight is 369 g/mol. The molecule has 1 aromatic carbocycles. The fourth-order valence-electron chi connectivity index (χ4n) is 2.10. The van der Waals surface area contributed by atoms with Crippen LogP contribution in [0.15, 0.2) is 59.8 Å². The summed E-state index contributed by atoms with van der Waals surface area (Å²) in [6.07, 6.45) is -2.75. The van der Waals surface area contributed by atoms with E-state index in [1.54, 1.807) is 6.07 Å². The van der Waals surface area contributed by atoms with Gasteiger partial charge in [0, 0.05) is 12.4 Å². The highest BCUT2D eigenvalue weighted by molar-refractivity contribution is 7.90. The molecule has 0 aliphatic heterocycles. The molecule has 3 aromatic rings. The molecular weight excluding hydrogens is 359 g/mol. The molecule has 6 nitrogen and oxygen atoms in total. The summed E-state index contributed by atoms with van der Waals surface area (Å²) in [4.78, 5) is 15.8. The Hall–Kier alpha value is -2.88. The number of fused-ring (bicyclic) bond motifs is 1. The third kappa shape index (κ3) is 3.48. The van der Waals surface area contributed by atoms with Gasteiger partial charge in [-0.25, -0.2) is 18.1 Å². The van der Waals surface area contributed by atoms with Gasteiger partial charge in [-0.2, -0.15) is 13.2 Å². The van der Waals surface area contributed by atoms with Crippen LogP contribution in [0.2, 0.25) is 0 Å². The number of sulfonamides is 1. The largest absolute Gasteiger partial charge is 0.417 e. The van der Waals surface area contributed by atoms with Crippen molar-refractivity contribution in [1.82, 2.24) is 14.1 Å². The first-order valence-corrected chi connectivity index (χ1v) is 8.33. The molecule has 25 heavy (non-hydrogen) atoms. The maximum Gasteiger partial charge on any atom is 0.417 e. The Morgan fingerprint density at radius 2 is 1.72 bits per heavy atom. The summed E-state index contributed by atoms with van der Waals surface area (Å²) >= 11 is 0. The van der Waals surface area contributed by atoms with Crippen molar-refractivity contribution < 1.29 is 26.4 Å². The number of rotatable bonds is 3. The molecule has 0 saturated heterocycles. The van der Waals surface area contributed by atoms with Crippen LogP contribution in [0.25, 0.3) is 5.65 Å². The number of carbonyl (C=O) groups excluding carboxylic acids is 1. The number of alkyl halides is 3. The van der Waals surface area contributed by atoms with E-state index in [-0.39, 0.29) is 16.2 Å². The number of imidazole rings is 1. The molecule has 0 fully saturated rings. The van der Waals surface area contributed by atoms with Crippen LogP contribution in [0, 0.1) is 0 Å². The van der Waals surface area contributed by atoms with E-state index in [4.69, 9.17) is 0 Å². The minimum absolute atomic E-state index is 0.0789. The lowest BCUT2D eigenvalue weighted by molar-refractivity contribution is -0.137. The molecule has 0 unspecified atom stereocenters. The molecule has 0 aliphatic carbocycles. The van der Waals surface area contributed by atoms with Gasteiger partial charge in [0.2, 0.25) is 0 Å². The highest BCUT2D eigenvalue weighted by atomic mass is 32.2. The molecule has 0 aliphatic rings. The molecule has 0 atom stereocenters. The summed E-state index contributed by atoms with van der Waals surface area (Å²) in [6, 6.07) is 9.10. The van der Waals surface area contributed by atoms with Crippen LogP contribution in [0.1, 0.15) is 16.1 Å². The van der Waals surface area contributed by atoms with Crippen molar-refractivity contribution in [2.45, 2.75) is 11.1 Å². The van der Waals surface area contributed by atoms with E-state index in [0.717, 1.165) is 28.9 Å². The van der Waals surface area contributed by atoms with Gasteiger partial charge in [0.25, 0.3) is 15.9 Å². The Morgan fingerprint density at radius 3 is 2.36 bits per heavy atom. The zero-order valence-corrected chi connectivity index (χ0v) is 13.2. The summed E-state index contributed by atoms with van der Waals surface area (Å²) in [5, 5.41) is 0. The van der Waals surface area contributed by atoms with Crippen molar-refractivity contribution in [3.8, 4) is 0 Å². The minimum atomic E-state index is -4.54. The van der Waals surface area contributed by atoms with Crippen LogP contribution in [0.3, 0.4) is 0 Å². The van der Waals surface area contributed by atoms with Crippen molar-refractivity contribution in [3.63, 3.8) is 0 Å². The first-order chi connectivity index (χ1) is 11.7. The smallest absolute Gasteiger partial charge is 0.306 e. The number of pyridine rings is 1. The lowest BCUT2D eigenvalue weighted by Crippen LogP contribution is -2.30. The quantitative estimate of drug-likeness (QED) is 0.769. The highest BCUT2D eigenvalue weighted by Gasteiger charge is 2.31. The Bertz CT molecular complexity index is 1040. The minimum Gasteiger partial charge on any atom is -0.306 e. The number of nitrogens with one attached hydrogen (secondary N) is 1. The van der Waals surface area contributed by atoms with E-state index in [1.165, 1.54) is 24.3 Å². The summed E-state index contributed by atoms with van der Waals surface area (Å²) in [5.41, 5.74) is -1.16. The van der Waals surface area contributed by atoms with Crippen molar-refractivity contribution in [2.24, 2.45) is 0 Å². The monoisotopic (exact) mass is 369 g/mol. The molecular formula is C15H10F3N3O3S. The van der Waals surface area contributed by atoms with E-state index in [9.17, 15) is 26.4 Å². The number of aromatic nitrogens is 2. The van der Waals surface area contributed by atoms with E-state index in [1.807, 2.05) is 4.72 Å². The molecule has 0 saturated carbocycles. The molecule has 10 heteroatoms. The fourth-order valence-corrected chi connectivity index (χ4v) is 3.08. The van der Waals surface area contributed by atoms with Crippen molar-refractivity contribution in [1.29, 1.82) is 0 Å². The molecule has 130 valence electrons. The molecule has 1 N–H and O–H groups in total. The summed E-state index contributed by atoms with van der Waals surface area (Å²) in [5.74, 6) is -1.04. The standard InChI is InChI=1S/C15H10F3N3O3S/c16-15(17,18)10-6-7-13-19-12(9-21(13)8-10)14(22)20-25(23,24)11-4-2-1-3-5-11/h1-9H,(H,20,22). The molecule has 3 rings (SSSR count). The van der Waals surface area contributed by atoms with Gasteiger partial charge in [-0.05, 0) is 24.3 Å². The highest BCUT2D eigenvalue weighted by Crippen LogP contribution is 2.29. The molecule has 0 radical (unpaired) electrons. The molecule has 2 heterocycles. The van der Waals surface area contributed by atoms with Gasteiger partial charge in [0.15, 0.2) is 0 Å². The normalized spacial score (nSPS) is 12.3. The summed E-state index contributed by atoms with van der Waals surface area (Å²) in [6.45, 7) is 0. The number of carbonyl (C=O) groups is 1. The second-order valence-corrected chi connectivity index (χ2v) is 6.74. The predicted molar refractivity (Wildman–Crippen MR) is 81.3 cm³/mol. The SMILES string of the molecule is O=C(NS(=O)(=O)c1ccccc1)c1cn2cc(C(F)(F)F)ccc2n1. The van der Waals surface area contributed by atoms with E-state index < -0.39 is 27.7 Å². The van der Waals surface area contributed by atoms with Gasteiger partial charge in [-0.15, -0.1) is 0 Å². The number of benzene rings is 1. The lowest BCUT2D eigenvalue weighted by Gasteiger charge is -2.05. The van der Waals surface area contributed by atoms with Crippen molar-refractivity contribution in [3.05, 3.63) is 66.1 Å². The zero-order chi connectivity index (χ0) is 18.2. The van der Waals surface area contributed by atoms with Gasteiger partial charge in [-0.1, -0.05) is 18.2 Å². The number of nitrogens with zero attached hydrogens (tertiary/aromatic N) is 2. The van der Waals surface area contributed by atoms with Crippen LogP contribution in [0.5, 0.6) is 0 Å². The van der Waals surface area contributed by atoms with Crippen LogP contribution in [-0.4, -0.2) is 23.7 Å². The molecule has 0 spiro atoms. The van der Waals surface area contributed by atoms with Crippen LogP contribution in [0.4, 0.5) is 13.2 Å². The third-order valence-electron chi connectivity index (χ3n) is 3.29. The zero-order valence-electron chi connectivity index (χ0n) is 12.4. The van der Waals surface area contributed by atoms with E-state index >= 15 is 0 Å². The molecule has 2 aromatic heterocycles. The lowest BCUT2D eigenvalue weighted by atomic mass is 10.3. The van der Waals surface area contributed by atoms with Gasteiger partial charge in [0.05, 0.1) is 10.5 Å². The maximum atomic E-state index is 12.7. The fraction of sp³-hybridized carbons (Fsp3) is 0.0667. The van der Waals surface area contributed by atoms with Crippen molar-refractivity contribution in [2.75, 3.05) is 0 Å². The second kappa shape index (κ2) is 5.88. The summed E-state index contributed by atoms with van der Waals surface area (Å²) in [7, 11) is -4.11. The van der Waals surface area contributed by atoms with Crippen LogP contribution < -0.4 is 4.72 Å². The van der Waals surface area contributed by atoms with E-state index in [0.29, 0.717) is 0 Å². The second-order valence-electron chi connectivity index (χ2n) is 5.05.